The lowest BCUT2D eigenvalue weighted by Crippen LogP contribution is -2.50. The maximum absolute atomic E-state index is 4.95. The van der Waals surface area contributed by atoms with Gasteiger partial charge in [-0.25, -0.2) is 0 Å². The van der Waals surface area contributed by atoms with Crippen LogP contribution in [0.2, 0.25) is 0 Å². The maximum atomic E-state index is 4.95. The van der Waals surface area contributed by atoms with Gasteiger partial charge in [0.25, 0.3) is 0 Å². The van der Waals surface area contributed by atoms with E-state index in [9.17, 15) is 0 Å². The van der Waals surface area contributed by atoms with Crippen molar-refractivity contribution in [3.63, 3.8) is 0 Å². The predicted octanol–water partition coefficient (Wildman–Crippen LogP) is 3.17. The van der Waals surface area contributed by atoms with Crippen molar-refractivity contribution in [2.75, 3.05) is 0 Å². The molecule has 0 radical (unpaired) electrons. The quantitative estimate of drug-likeness (QED) is 0.510. The molecule has 2 aromatic rings. The molecular formula is C26H38N6. The molecule has 0 spiro atoms. The molecule has 3 aliphatic rings. The van der Waals surface area contributed by atoms with Gasteiger partial charge in [0.15, 0.2) is 0 Å². The third-order valence-electron chi connectivity index (χ3n) is 7.44. The molecule has 32 heavy (non-hydrogen) atoms. The summed E-state index contributed by atoms with van der Waals surface area (Å²) >= 11 is 0. The van der Waals surface area contributed by atoms with E-state index in [1.165, 1.54) is 51.4 Å². The highest BCUT2D eigenvalue weighted by molar-refractivity contribution is 5.13. The lowest BCUT2D eigenvalue weighted by molar-refractivity contribution is 0.276. The van der Waals surface area contributed by atoms with E-state index in [2.05, 4.69) is 57.7 Å². The standard InChI is InChI=1S/C26H38N6/c1-2-12-24-23(11-1)27-15-19-7-5-9-21(31-19)17-29-25-13-3-4-14-26(25)30-18-22-10-6-8-20(32-22)16-28-24/h5-10,23-30H,1-4,11-18H2/t23-,24-,25+,26+. The zero-order valence-electron chi connectivity index (χ0n) is 19.2. The highest BCUT2D eigenvalue weighted by Crippen LogP contribution is 2.21. The Labute approximate surface area is 192 Å². The van der Waals surface area contributed by atoms with Crippen LogP contribution in [-0.2, 0) is 26.2 Å². The second-order valence-electron chi connectivity index (χ2n) is 9.76. The Morgan fingerprint density at radius 3 is 1.03 bits per heavy atom. The minimum atomic E-state index is 0.485. The Morgan fingerprint density at radius 2 is 0.750 bits per heavy atom. The van der Waals surface area contributed by atoms with Gasteiger partial charge < -0.3 is 21.3 Å². The van der Waals surface area contributed by atoms with Crippen LogP contribution in [0.4, 0.5) is 0 Å². The van der Waals surface area contributed by atoms with E-state index in [0.29, 0.717) is 24.2 Å². The van der Waals surface area contributed by atoms with Crippen LogP contribution in [0.1, 0.15) is 74.1 Å². The van der Waals surface area contributed by atoms with Crippen molar-refractivity contribution < 1.29 is 0 Å². The molecule has 0 unspecified atom stereocenters. The van der Waals surface area contributed by atoms with E-state index in [0.717, 1.165) is 49.0 Å². The Bertz CT molecular complexity index is 737. The fraction of sp³-hybridized carbons (Fsp3) is 0.615. The van der Waals surface area contributed by atoms with Crippen molar-refractivity contribution in [1.82, 2.24) is 31.2 Å². The van der Waals surface area contributed by atoms with E-state index in [1.807, 2.05) is 0 Å². The maximum Gasteiger partial charge on any atom is 0.0545 e. The molecule has 0 saturated heterocycles. The largest absolute Gasteiger partial charge is 0.307 e. The zero-order valence-corrected chi connectivity index (χ0v) is 19.2. The van der Waals surface area contributed by atoms with Gasteiger partial charge in [0.1, 0.15) is 0 Å². The summed E-state index contributed by atoms with van der Waals surface area (Å²) in [5.41, 5.74) is 4.56. The molecule has 3 heterocycles. The molecule has 6 nitrogen and oxygen atoms in total. The van der Waals surface area contributed by atoms with Gasteiger partial charge in [-0.05, 0) is 49.9 Å². The Balaban J connectivity index is 1.35. The van der Waals surface area contributed by atoms with Crippen molar-refractivity contribution in [3.05, 3.63) is 59.2 Å². The third kappa shape index (κ3) is 5.73. The lowest BCUT2D eigenvalue weighted by atomic mass is 9.90. The van der Waals surface area contributed by atoms with E-state index in [4.69, 9.17) is 9.97 Å². The van der Waals surface area contributed by atoms with E-state index in [-0.39, 0.29) is 0 Å². The van der Waals surface area contributed by atoms with Crippen molar-refractivity contribution in [2.45, 2.75) is 102 Å². The van der Waals surface area contributed by atoms with Crippen LogP contribution < -0.4 is 21.3 Å². The highest BCUT2D eigenvalue weighted by atomic mass is 15.1. The summed E-state index contributed by atoms with van der Waals surface area (Å²) in [4.78, 5) is 9.91. The fourth-order valence-electron chi connectivity index (χ4n) is 5.63. The average Bonchev–Trinajstić information content (AvgIpc) is 2.85. The molecule has 6 heteroatoms. The Morgan fingerprint density at radius 1 is 0.469 bits per heavy atom. The van der Waals surface area contributed by atoms with Crippen molar-refractivity contribution in [2.24, 2.45) is 0 Å². The van der Waals surface area contributed by atoms with E-state index >= 15 is 0 Å². The van der Waals surface area contributed by atoms with Gasteiger partial charge in [0.2, 0.25) is 0 Å². The molecule has 2 aromatic heterocycles. The second-order valence-corrected chi connectivity index (χ2v) is 9.76. The molecule has 2 aliphatic carbocycles. The van der Waals surface area contributed by atoms with Crippen LogP contribution in [0.5, 0.6) is 0 Å². The third-order valence-corrected chi connectivity index (χ3v) is 7.44. The van der Waals surface area contributed by atoms with Crippen molar-refractivity contribution in [3.8, 4) is 0 Å². The molecule has 5 rings (SSSR count). The lowest BCUT2D eigenvalue weighted by Gasteiger charge is -2.34. The van der Waals surface area contributed by atoms with Crippen molar-refractivity contribution >= 4 is 0 Å². The van der Waals surface area contributed by atoms with Crippen LogP contribution in [0.15, 0.2) is 36.4 Å². The molecule has 4 bridgehead atoms. The summed E-state index contributed by atoms with van der Waals surface area (Å²) in [6.07, 6.45) is 10.1. The first-order valence-corrected chi connectivity index (χ1v) is 12.7. The summed E-state index contributed by atoms with van der Waals surface area (Å²) in [6, 6.07) is 14.9. The van der Waals surface area contributed by atoms with Crippen LogP contribution in [0.3, 0.4) is 0 Å². The van der Waals surface area contributed by atoms with Gasteiger partial charge in [-0.1, -0.05) is 37.8 Å². The zero-order chi connectivity index (χ0) is 21.6. The van der Waals surface area contributed by atoms with Crippen LogP contribution in [0, 0.1) is 0 Å². The molecule has 4 N–H and O–H groups in total. The smallest absolute Gasteiger partial charge is 0.0545 e. The predicted molar refractivity (Wildman–Crippen MR) is 128 cm³/mol. The molecular weight excluding hydrogens is 396 g/mol. The fourth-order valence-corrected chi connectivity index (χ4v) is 5.63. The summed E-state index contributed by atoms with van der Waals surface area (Å²) < 4.78 is 0. The van der Waals surface area contributed by atoms with Crippen LogP contribution in [-0.4, -0.2) is 34.1 Å². The molecule has 172 valence electrons. The molecule has 0 aromatic carbocycles. The highest BCUT2D eigenvalue weighted by Gasteiger charge is 2.26. The molecule has 4 atom stereocenters. The number of nitrogens with one attached hydrogen (secondary N) is 4. The monoisotopic (exact) mass is 434 g/mol. The molecule has 1 aliphatic heterocycles. The number of hydrogen-bond donors (Lipinski definition) is 4. The number of rotatable bonds is 0. The van der Waals surface area contributed by atoms with Gasteiger partial charge >= 0.3 is 0 Å². The SMILES string of the molecule is c1cc2nc(c1)CN[C@@H]1CCCC[C@H]1NCc1cccc(n1)CN[C@H]1CCCC[C@@H]1NC2. The summed E-state index contributed by atoms with van der Waals surface area (Å²) in [7, 11) is 0. The number of hydrogen-bond acceptors (Lipinski definition) is 6. The van der Waals surface area contributed by atoms with Gasteiger partial charge in [0, 0.05) is 50.3 Å². The topological polar surface area (TPSA) is 73.9 Å². The summed E-state index contributed by atoms with van der Waals surface area (Å²) in [5.74, 6) is 0. The average molecular weight is 435 g/mol. The first-order chi connectivity index (χ1) is 15.8. The number of fused-ring (bicyclic) bond motifs is 6. The van der Waals surface area contributed by atoms with Gasteiger partial charge in [0.05, 0.1) is 22.8 Å². The Hall–Kier alpha value is -1.86. The normalized spacial score (nSPS) is 29.8. The first-order valence-electron chi connectivity index (χ1n) is 12.7. The number of aromatic nitrogens is 2. The molecule has 2 saturated carbocycles. The minimum absolute atomic E-state index is 0.485. The summed E-state index contributed by atoms with van der Waals surface area (Å²) in [5, 5.41) is 15.2. The number of pyridine rings is 2. The summed E-state index contributed by atoms with van der Waals surface area (Å²) in [6.45, 7) is 3.33. The van der Waals surface area contributed by atoms with E-state index in [1.54, 1.807) is 0 Å². The number of nitrogens with zero attached hydrogens (tertiary/aromatic N) is 2. The minimum Gasteiger partial charge on any atom is -0.307 e. The van der Waals surface area contributed by atoms with Crippen LogP contribution in [0.25, 0.3) is 0 Å². The molecule has 2 fully saturated rings. The Kier molecular flexibility index (Phi) is 7.44. The second kappa shape index (κ2) is 10.8. The van der Waals surface area contributed by atoms with Gasteiger partial charge in [-0.15, -0.1) is 0 Å². The van der Waals surface area contributed by atoms with Gasteiger partial charge in [-0.3, -0.25) is 9.97 Å². The van der Waals surface area contributed by atoms with E-state index < -0.39 is 0 Å². The molecule has 0 amide bonds. The van der Waals surface area contributed by atoms with Gasteiger partial charge in [-0.2, -0.15) is 0 Å². The first kappa shape index (κ1) is 22.0. The van der Waals surface area contributed by atoms with Crippen molar-refractivity contribution in [1.29, 1.82) is 0 Å². The van der Waals surface area contributed by atoms with Crippen LogP contribution >= 0.6 is 0 Å².